The molecule has 0 fully saturated rings. The maximum atomic E-state index is 14.4. The molecule has 0 unspecified atom stereocenters. The number of hydrogen-bond donors (Lipinski definition) is 3. The lowest BCUT2D eigenvalue weighted by molar-refractivity contribution is -0.137. The Morgan fingerprint density at radius 2 is 1.73 bits per heavy atom. The van der Waals surface area contributed by atoms with Crippen molar-refractivity contribution in [2.45, 2.75) is 6.18 Å². The van der Waals surface area contributed by atoms with Crippen LogP contribution < -0.4 is 20.7 Å². The predicted octanol–water partition coefficient (Wildman–Crippen LogP) is 5.69. The van der Waals surface area contributed by atoms with Crippen molar-refractivity contribution in [2.24, 2.45) is 0 Å². The highest BCUT2D eigenvalue weighted by atomic mass is 35.5. The van der Waals surface area contributed by atoms with Crippen LogP contribution in [0.15, 0.2) is 54.7 Å². The van der Waals surface area contributed by atoms with Gasteiger partial charge in [0.15, 0.2) is 0 Å². The fourth-order valence-corrected chi connectivity index (χ4v) is 2.85. The Morgan fingerprint density at radius 1 is 1.00 bits per heavy atom. The van der Waals surface area contributed by atoms with Gasteiger partial charge in [-0.25, -0.2) is 9.18 Å². The van der Waals surface area contributed by atoms with Gasteiger partial charge in [-0.2, -0.15) is 13.2 Å². The van der Waals surface area contributed by atoms with E-state index in [9.17, 15) is 27.2 Å². The topological polar surface area (TPSA) is 92.4 Å². The Kier molecular flexibility index (Phi) is 7.02. The SMILES string of the molecule is CNC(=O)c1cc(Oc2ccc(NC(=O)Nc3ccc(Cl)c(C(F)(F)F)c3)c([18F])c2)ccn1. The normalized spacial score (nSPS) is 11.0. The van der Waals surface area contributed by atoms with Crippen molar-refractivity contribution in [3.05, 3.63) is 76.8 Å². The zero-order valence-corrected chi connectivity index (χ0v) is 17.5. The first kappa shape index (κ1) is 23.8. The number of nitrogens with zero attached hydrogens (tertiary/aromatic N) is 1. The zero-order valence-electron chi connectivity index (χ0n) is 16.8. The van der Waals surface area contributed by atoms with Gasteiger partial charge >= 0.3 is 12.2 Å². The molecule has 0 atom stereocenters. The van der Waals surface area contributed by atoms with Gasteiger partial charge in [0.2, 0.25) is 0 Å². The van der Waals surface area contributed by atoms with Crippen molar-refractivity contribution in [1.29, 1.82) is 0 Å². The van der Waals surface area contributed by atoms with E-state index in [1.54, 1.807) is 0 Å². The van der Waals surface area contributed by atoms with Crippen LogP contribution in [0.4, 0.5) is 33.7 Å². The highest BCUT2D eigenvalue weighted by molar-refractivity contribution is 6.31. The van der Waals surface area contributed by atoms with Crippen LogP contribution in [0.1, 0.15) is 16.1 Å². The molecule has 0 aliphatic carbocycles. The molecule has 172 valence electrons. The number of rotatable bonds is 5. The van der Waals surface area contributed by atoms with Gasteiger partial charge in [0, 0.05) is 31.1 Å². The van der Waals surface area contributed by atoms with E-state index in [4.69, 9.17) is 16.3 Å². The first-order chi connectivity index (χ1) is 15.6. The maximum absolute atomic E-state index is 14.4. The first-order valence-corrected chi connectivity index (χ1v) is 9.55. The summed E-state index contributed by atoms with van der Waals surface area (Å²) < 4.78 is 58.7. The van der Waals surface area contributed by atoms with Crippen molar-refractivity contribution in [2.75, 3.05) is 17.7 Å². The summed E-state index contributed by atoms with van der Waals surface area (Å²) in [5, 5.41) is 6.27. The second-order valence-electron chi connectivity index (χ2n) is 6.47. The molecule has 7 nitrogen and oxygen atoms in total. The van der Waals surface area contributed by atoms with Crippen molar-refractivity contribution >= 4 is 34.9 Å². The number of halogens is 5. The Labute approximate surface area is 189 Å². The fraction of sp³-hybridized carbons (Fsp3) is 0.0952. The van der Waals surface area contributed by atoms with Crippen LogP contribution in [0.5, 0.6) is 11.5 Å². The van der Waals surface area contributed by atoms with Gasteiger partial charge in [-0.15, -0.1) is 0 Å². The lowest BCUT2D eigenvalue weighted by Gasteiger charge is -2.13. The largest absolute Gasteiger partial charge is 0.457 e. The van der Waals surface area contributed by atoms with Crippen molar-refractivity contribution < 1.29 is 31.9 Å². The Morgan fingerprint density at radius 3 is 2.39 bits per heavy atom. The predicted molar refractivity (Wildman–Crippen MR) is 113 cm³/mol. The molecule has 3 rings (SSSR count). The number of aromatic nitrogens is 1. The number of hydrogen-bond acceptors (Lipinski definition) is 4. The minimum absolute atomic E-state index is 0.0695. The molecule has 1 heterocycles. The quantitative estimate of drug-likeness (QED) is 0.408. The van der Waals surface area contributed by atoms with Crippen LogP contribution in [0, 0.1) is 5.82 Å². The third-order valence-electron chi connectivity index (χ3n) is 4.15. The number of carbonyl (C=O) groups is 2. The van der Waals surface area contributed by atoms with Gasteiger partial charge < -0.3 is 20.7 Å². The molecular formula is C21H15ClF4N4O3. The molecule has 0 saturated heterocycles. The van der Waals surface area contributed by atoms with E-state index in [-0.39, 0.29) is 28.6 Å². The number of carbonyl (C=O) groups excluding carboxylic acids is 2. The van der Waals surface area contributed by atoms with Gasteiger partial charge in [0.25, 0.3) is 5.91 Å². The number of anilines is 2. The van der Waals surface area contributed by atoms with E-state index in [0.29, 0.717) is 6.07 Å². The first-order valence-electron chi connectivity index (χ1n) is 9.17. The summed E-state index contributed by atoms with van der Waals surface area (Å²) in [5.41, 5.74) is -1.45. The highest BCUT2D eigenvalue weighted by Crippen LogP contribution is 2.36. The lowest BCUT2D eigenvalue weighted by atomic mass is 10.2. The number of urea groups is 1. The molecule has 12 heteroatoms. The number of amides is 3. The van der Waals surface area contributed by atoms with E-state index in [1.807, 2.05) is 0 Å². The van der Waals surface area contributed by atoms with E-state index in [1.165, 1.54) is 43.6 Å². The van der Waals surface area contributed by atoms with Gasteiger partial charge in [0.1, 0.15) is 23.0 Å². The maximum Gasteiger partial charge on any atom is 0.417 e. The van der Waals surface area contributed by atoms with E-state index < -0.39 is 34.5 Å². The number of ether oxygens (including phenoxy) is 1. The smallest absolute Gasteiger partial charge is 0.417 e. The summed E-state index contributed by atoms with van der Waals surface area (Å²) in [4.78, 5) is 27.6. The molecule has 0 spiro atoms. The molecule has 3 aromatic rings. The van der Waals surface area contributed by atoms with Gasteiger partial charge in [-0.3, -0.25) is 9.78 Å². The van der Waals surface area contributed by atoms with Crippen LogP contribution in [-0.2, 0) is 6.18 Å². The Hall–Kier alpha value is -3.86. The highest BCUT2D eigenvalue weighted by Gasteiger charge is 2.33. The second kappa shape index (κ2) is 9.74. The fourth-order valence-electron chi connectivity index (χ4n) is 2.63. The minimum atomic E-state index is -4.71. The molecule has 3 amide bonds. The van der Waals surface area contributed by atoms with Crippen LogP contribution in [0.2, 0.25) is 5.02 Å². The summed E-state index contributed by atoms with van der Waals surface area (Å²) >= 11 is 5.54. The molecule has 0 saturated carbocycles. The Balaban J connectivity index is 1.68. The van der Waals surface area contributed by atoms with E-state index in [2.05, 4.69) is 20.9 Å². The average Bonchev–Trinajstić information content (AvgIpc) is 2.76. The van der Waals surface area contributed by atoms with Crippen LogP contribution >= 0.6 is 11.6 Å². The van der Waals surface area contributed by atoms with Gasteiger partial charge in [0.05, 0.1) is 16.3 Å². The second-order valence-corrected chi connectivity index (χ2v) is 6.88. The van der Waals surface area contributed by atoms with Crippen LogP contribution in [0.25, 0.3) is 0 Å². The molecule has 0 bridgehead atoms. The van der Waals surface area contributed by atoms with Gasteiger partial charge in [-0.1, -0.05) is 11.6 Å². The summed E-state index contributed by atoms with van der Waals surface area (Å²) in [6, 6.07) is 8.21. The number of nitrogens with one attached hydrogen (secondary N) is 3. The number of pyridine rings is 1. The standard InChI is InChI=1S/C21H15ClF4N4O3/c1-27-19(31)18-10-13(6-7-28-18)33-12-3-5-17(16(23)9-12)30-20(32)29-11-2-4-15(22)14(8-11)21(24,25)26/h2-10H,1H3,(H,27,31)(H2,29,30,32)/i23-1. The van der Waals surface area contributed by atoms with Crippen molar-refractivity contribution in [3.8, 4) is 11.5 Å². The molecule has 0 aliphatic heterocycles. The van der Waals surface area contributed by atoms with Gasteiger partial charge in [-0.05, 0) is 36.4 Å². The molecule has 2 aromatic carbocycles. The summed E-state index contributed by atoms with van der Waals surface area (Å²) in [6.45, 7) is 0. The average molecular weight is 482 g/mol. The third-order valence-corrected chi connectivity index (χ3v) is 4.47. The molecule has 33 heavy (non-hydrogen) atoms. The van der Waals surface area contributed by atoms with E-state index in [0.717, 1.165) is 12.1 Å². The van der Waals surface area contributed by atoms with Crippen molar-refractivity contribution in [3.63, 3.8) is 0 Å². The number of alkyl halides is 3. The molecule has 1 aromatic heterocycles. The molecule has 3 N–H and O–H groups in total. The monoisotopic (exact) mass is 481 g/mol. The minimum Gasteiger partial charge on any atom is -0.457 e. The Bertz CT molecular complexity index is 1200. The van der Waals surface area contributed by atoms with Crippen LogP contribution in [-0.4, -0.2) is 24.0 Å². The summed E-state index contributed by atoms with van der Waals surface area (Å²) in [6.07, 6.45) is -3.36. The van der Waals surface area contributed by atoms with Crippen molar-refractivity contribution in [1.82, 2.24) is 10.3 Å². The number of benzene rings is 2. The molecule has 0 aliphatic rings. The van der Waals surface area contributed by atoms with Crippen LogP contribution in [0.3, 0.4) is 0 Å². The lowest BCUT2D eigenvalue weighted by Crippen LogP contribution is -2.20. The van der Waals surface area contributed by atoms with E-state index >= 15 is 0 Å². The summed E-state index contributed by atoms with van der Waals surface area (Å²) in [5.74, 6) is -1.000. The third kappa shape index (κ3) is 6.10. The summed E-state index contributed by atoms with van der Waals surface area (Å²) in [7, 11) is 1.44. The molecule has 0 radical (unpaired) electrons. The zero-order chi connectivity index (χ0) is 24.2. The molecular weight excluding hydrogens is 467 g/mol.